The highest BCUT2D eigenvalue weighted by molar-refractivity contribution is 7.92. The Morgan fingerprint density at radius 3 is 2.03 bits per heavy atom. The van der Waals surface area contributed by atoms with Crippen LogP contribution in [0.15, 0.2) is 72.8 Å². The normalized spacial score (nSPS) is 15.6. The Labute approximate surface area is 190 Å². The van der Waals surface area contributed by atoms with E-state index in [4.69, 9.17) is 0 Å². The zero-order valence-electron chi connectivity index (χ0n) is 17.7. The van der Waals surface area contributed by atoms with E-state index in [1.165, 1.54) is 12.1 Å². The van der Waals surface area contributed by atoms with E-state index in [0.717, 1.165) is 33.8 Å². The zero-order chi connectivity index (χ0) is 23.8. The Hall–Kier alpha value is -3.30. The number of carboxylic acids is 1. The first-order valence-corrected chi connectivity index (χ1v) is 12.1. The van der Waals surface area contributed by atoms with Gasteiger partial charge in [-0.1, -0.05) is 42.5 Å². The van der Waals surface area contributed by atoms with E-state index in [0.29, 0.717) is 19.2 Å². The molecule has 1 aliphatic heterocycles. The van der Waals surface area contributed by atoms with Gasteiger partial charge in [-0.3, -0.25) is 9.21 Å². The molecule has 3 aromatic rings. The number of likely N-dealkylation sites (tertiary alicyclic amines) is 1. The SMILES string of the molecule is CS(=O)(=O)N(c1cc(F)cc(F)c1)C1CN(C(c2ccccc2)c2ccc(C(=O)O)cc2)C1. The van der Waals surface area contributed by atoms with Crippen LogP contribution in [-0.2, 0) is 10.0 Å². The smallest absolute Gasteiger partial charge is 0.335 e. The van der Waals surface area contributed by atoms with Crippen LogP contribution >= 0.6 is 0 Å². The fourth-order valence-electron chi connectivity index (χ4n) is 4.24. The number of hydrogen-bond acceptors (Lipinski definition) is 4. The molecule has 0 spiro atoms. The molecule has 33 heavy (non-hydrogen) atoms. The summed E-state index contributed by atoms with van der Waals surface area (Å²) in [5.74, 6) is -2.72. The number of anilines is 1. The largest absolute Gasteiger partial charge is 0.478 e. The average molecular weight is 473 g/mol. The third-order valence-corrected chi connectivity index (χ3v) is 6.86. The van der Waals surface area contributed by atoms with Gasteiger partial charge in [-0.15, -0.1) is 0 Å². The number of sulfonamides is 1. The minimum Gasteiger partial charge on any atom is -0.478 e. The van der Waals surface area contributed by atoms with Crippen LogP contribution in [0.4, 0.5) is 14.5 Å². The van der Waals surface area contributed by atoms with Gasteiger partial charge in [0.15, 0.2) is 0 Å². The summed E-state index contributed by atoms with van der Waals surface area (Å²) in [5.41, 5.74) is 1.93. The molecule has 1 atom stereocenters. The predicted octanol–water partition coefficient (Wildman–Crippen LogP) is 3.90. The topological polar surface area (TPSA) is 77.9 Å². The summed E-state index contributed by atoms with van der Waals surface area (Å²) < 4.78 is 53.7. The van der Waals surface area contributed by atoms with E-state index in [9.17, 15) is 27.1 Å². The van der Waals surface area contributed by atoms with Gasteiger partial charge < -0.3 is 5.11 Å². The van der Waals surface area contributed by atoms with Crippen molar-refractivity contribution in [2.24, 2.45) is 0 Å². The number of carbonyl (C=O) groups is 1. The Morgan fingerprint density at radius 1 is 0.970 bits per heavy atom. The van der Waals surface area contributed by atoms with Crippen LogP contribution in [0, 0.1) is 11.6 Å². The van der Waals surface area contributed by atoms with Gasteiger partial charge in [-0.2, -0.15) is 0 Å². The van der Waals surface area contributed by atoms with Gasteiger partial charge in [-0.25, -0.2) is 22.0 Å². The maximum atomic E-state index is 13.8. The van der Waals surface area contributed by atoms with Gasteiger partial charge in [-0.05, 0) is 35.4 Å². The molecule has 0 bridgehead atoms. The summed E-state index contributed by atoms with van der Waals surface area (Å²) in [6.45, 7) is 0.650. The fraction of sp³-hybridized carbons (Fsp3) is 0.208. The molecule has 1 aliphatic rings. The second-order valence-electron chi connectivity index (χ2n) is 8.03. The second-order valence-corrected chi connectivity index (χ2v) is 9.89. The number of nitrogens with zero attached hydrogens (tertiary/aromatic N) is 2. The lowest BCUT2D eigenvalue weighted by Crippen LogP contribution is -2.61. The minimum absolute atomic E-state index is 0.0540. The molecule has 0 aliphatic carbocycles. The molecule has 1 fully saturated rings. The lowest BCUT2D eigenvalue weighted by atomic mass is 9.92. The van der Waals surface area contributed by atoms with E-state index in [1.54, 1.807) is 12.1 Å². The van der Waals surface area contributed by atoms with Crippen molar-refractivity contribution in [3.05, 3.63) is 101 Å². The molecule has 1 saturated heterocycles. The third-order valence-electron chi connectivity index (χ3n) is 5.64. The first-order valence-electron chi connectivity index (χ1n) is 10.2. The fourth-order valence-corrected chi connectivity index (χ4v) is 5.41. The Morgan fingerprint density at radius 2 is 1.52 bits per heavy atom. The van der Waals surface area contributed by atoms with Crippen molar-refractivity contribution in [3.63, 3.8) is 0 Å². The van der Waals surface area contributed by atoms with Gasteiger partial charge in [0.05, 0.1) is 29.6 Å². The third kappa shape index (κ3) is 4.89. The van der Waals surface area contributed by atoms with Gasteiger partial charge in [0, 0.05) is 19.2 Å². The van der Waals surface area contributed by atoms with E-state index in [-0.39, 0.29) is 17.3 Å². The molecule has 0 aromatic heterocycles. The lowest BCUT2D eigenvalue weighted by Gasteiger charge is -2.48. The first kappa shape index (κ1) is 22.9. The molecule has 0 saturated carbocycles. The lowest BCUT2D eigenvalue weighted by molar-refractivity contribution is 0.0696. The van der Waals surface area contributed by atoms with E-state index < -0.39 is 33.7 Å². The monoisotopic (exact) mass is 472 g/mol. The molecule has 1 N–H and O–H groups in total. The van der Waals surface area contributed by atoms with Gasteiger partial charge in [0.1, 0.15) is 11.6 Å². The Bertz CT molecular complexity index is 1240. The van der Waals surface area contributed by atoms with Crippen LogP contribution in [-0.4, -0.2) is 49.8 Å². The molecule has 0 radical (unpaired) electrons. The standard InChI is InChI=1S/C24H22F2N2O4S/c1-33(31,32)28(21-12-19(25)11-20(26)13-21)22-14-27(15-22)23(16-5-3-2-4-6-16)17-7-9-18(10-8-17)24(29)30/h2-13,22-23H,14-15H2,1H3,(H,29,30). The van der Waals surface area contributed by atoms with Crippen LogP contribution in [0.25, 0.3) is 0 Å². The highest BCUT2D eigenvalue weighted by Crippen LogP contribution is 2.36. The molecule has 1 unspecified atom stereocenters. The Balaban J connectivity index is 1.64. The molecule has 9 heteroatoms. The van der Waals surface area contributed by atoms with Gasteiger partial charge in [0.2, 0.25) is 10.0 Å². The van der Waals surface area contributed by atoms with Crippen molar-refractivity contribution in [2.75, 3.05) is 23.7 Å². The van der Waals surface area contributed by atoms with Crippen LogP contribution in [0.5, 0.6) is 0 Å². The summed E-state index contributed by atoms with van der Waals surface area (Å²) in [6, 6.07) is 18.1. The van der Waals surface area contributed by atoms with Crippen molar-refractivity contribution in [1.82, 2.24) is 4.90 Å². The molecule has 172 valence electrons. The second kappa shape index (κ2) is 8.92. The van der Waals surface area contributed by atoms with Gasteiger partial charge in [0.25, 0.3) is 0 Å². The van der Waals surface area contributed by atoms with Crippen molar-refractivity contribution >= 4 is 21.7 Å². The van der Waals surface area contributed by atoms with E-state index in [2.05, 4.69) is 0 Å². The molecule has 1 heterocycles. The van der Waals surface area contributed by atoms with Crippen molar-refractivity contribution in [1.29, 1.82) is 0 Å². The minimum atomic E-state index is -3.80. The Kier molecular flexibility index (Phi) is 6.18. The predicted molar refractivity (Wildman–Crippen MR) is 121 cm³/mol. The number of aromatic carboxylic acids is 1. The number of halogens is 2. The van der Waals surface area contributed by atoms with Crippen LogP contribution in [0.1, 0.15) is 27.5 Å². The summed E-state index contributed by atoms with van der Waals surface area (Å²) in [6.07, 6.45) is 1.01. The summed E-state index contributed by atoms with van der Waals surface area (Å²) in [7, 11) is -3.80. The number of hydrogen-bond donors (Lipinski definition) is 1. The molecule has 0 amide bonds. The quantitative estimate of drug-likeness (QED) is 0.564. The van der Waals surface area contributed by atoms with Crippen LogP contribution < -0.4 is 4.31 Å². The number of rotatable bonds is 7. The number of carboxylic acid groups (broad SMARTS) is 1. The first-order chi connectivity index (χ1) is 15.6. The summed E-state index contributed by atoms with van der Waals surface area (Å²) in [5, 5.41) is 9.19. The highest BCUT2D eigenvalue weighted by atomic mass is 32.2. The maximum absolute atomic E-state index is 13.8. The van der Waals surface area contributed by atoms with Crippen molar-refractivity contribution in [3.8, 4) is 0 Å². The van der Waals surface area contributed by atoms with Gasteiger partial charge >= 0.3 is 5.97 Å². The molecular weight excluding hydrogens is 450 g/mol. The van der Waals surface area contributed by atoms with Crippen LogP contribution in [0.2, 0.25) is 0 Å². The average Bonchev–Trinajstić information content (AvgIpc) is 2.71. The summed E-state index contributed by atoms with van der Waals surface area (Å²) in [4.78, 5) is 13.3. The highest BCUT2D eigenvalue weighted by Gasteiger charge is 2.41. The molecular formula is C24H22F2N2O4S. The van der Waals surface area contributed by atoms with Crippen LogP contribution in [0.3, 0.4) is 0 Å². The zero-order valence-corrected chi connectivity index (χ0v) is 18.5. The van der Waals surface area contributed by atoms with E-state index in [1.807, 2.05) is 35.2 Å². The summed E-state index contributed by atoms with van der Waals surface area (Å²) >= 11 is 0. The van der Waals surface area contributed by atoms with Crippen molar-refractivity contribution in [2.45, 2.75) is 12.1 Å². The van der Waals surface area contributed by atoms with Crippen molar-refractivity contribution < 1.29 is 27.1 Å². The molecule has 3 aromatic carbocycles. The molecule has 4 rings (SSSR count). The van der Waals surface area contributed by atoms with E-state index >= 15 is 0 Å². The molecule has 6 nitrogen and oxygen atoms in total. The maximum Gasteiger partial charge on any atom is 0.335 e. The number of benzene rings is 3.